The van der Waals surface area contributed by atoms with Gasteiger partial charge in [0, 0.05) is 75.7 Å². The SMILES string of the molecule is CN(C)c1ccnc(-n2c3[c-]c(Cc4[c-]c(N5[CH-]N(c6ccccc6)c6ccccc65)cc([Si](C)(C)C)c4)ccc3c3ccccc32)c1.[Pt]. The third kappa shape index (κ3) is 6.09. The zero-order valence-electron chi connectivity index (χ0n) is 28.4. The van der Waals surface area contributed by atoms with E-state index in [-0.39, 0.29) is 21.1 Å². The smallest absolute Gasteiger partial charge is 0.137 e. The van der Waals surface area contributed by atoms with Crippen molar-refractivity contribution >= 4 is 63.5 Å². The van der Waals surface area contributed by atoms with Crippen LogP contribution in [0.3, 0.4) is 0 Å². The van der Waals surface area contributed by atoms with Gasteiger partial charge >= 0.3 is 0 Å². The Labute approximate surface area is 304 Å². The Hall–Kier alpha value is -4.64. The Bertz CT molecular complexity index is 2290. The molecule has 0 bridgehead atoms. The Morgan fingerprint density at radius 1 is 0.714 bits per heavy atom. The molecule has 8 rings (SSSR count). The Balaban J connectivity index is 0.00000378. The predicted octanol–water partition coefficient (Wildman–Crippen LogP) is 9.39. The van der Waals surface area contributed by atoms with E-state index in [1.807, 2.05) is 12.3 Å². The minimum atomic E-state index is -1.67. The molecule has 0 saturated heterocycles. The quantitative estimate of drug-likeness (QED) is 0.118. The summed E-state index contributed by atoms with van der Waals surface area (Å²) < 4.78 is 2.25. The van der Waals surface area contributed by atoms with Crippen molar-refractivity contribution < 1.29 is 21.1 Å². The summed E-state index contributed by atoms with van der Waals surface area (Å²) in [4.78, 5) is 11.5. The molecule has 49 heavy (non-hydrogen) atoms. The molecular weight excluding hydrogens is 798 g/mol. The summed E-state index contributed by atoms with van der Waals surface area (Å²) in [6.07, 6.45) is 2.62. The van der Waals surface area contributed by atoms with E-state index in [2.05, 4.69) is 181 Å². The zero-order valence-corrected chi connectivity index (χ0v) is 31.7. The first kappa shape index (κ1) is 32.9. The molecule has 5 aromatic carbocycles. The molecule has 1 aliphatic heterocycles. The van der Waals surface area contributed by atoms with Crippen LogP contribution in [0.5, 0.6) is 0 Å². The number of anilines is 5. The number of hydrogen-bond acceptors (Lipinski definition) is 4. The molecule has 0 amide bonds. The molecule has 0 fully saturated rings. The topological polar surface area (TPSA) is 27.5 Å². The molecule has 2 aromatic heterocycles. The van der Waals surface area contributed by atoms with Crippen LogP contribution in [-0.4, -0.2) is 31.7 Å². The number of rotatable bonds is 7. The van der Waals surface area contributed by atoms with Crippen LogP contribution in [0.15, 0.2) is 121 Å². The van der Waals surface area contributed by atoms with Gasteiger partial charge in [-0.1, -0.05) is 73.7 Å². The maximum absolute atomic E-state index is 4.82. The van der Waals surface area contributed by atoms with Crippen LogP contribution in [-0.2, 0) is 27.5 Å². The van der Waals surface area contributed by atoms with E-state index in [4.69, 9.17) is 4.98 Å². The van der Waals surface area contributed by atoms with Gasteiger partial charge in [-0.2, -0.15) is 52.7 Å². The van der Waals surface area contributed by atoms with Gasteiger partial charge in [-0.05, 0) is 48.2 Å². The molecular formula is C42H38N5PtSi-3. The maximum atomic E-state index is 4.82. The van der Waals surface area contributed by atoms with Gasteiger partial charge in [0.25, 0.3) is 0 Å². The Kier molecular flexibility index (Phi) is 8.72. The van der Waals surface area contributed by atoms with E-state index < -0.39 is 8.07 Å². The van der Waals surface area contributed by atoms with Crippen molar-refractivity contribution in [2.24, 2.45) is 0 Å². The molecule has 7 aromatic rings. The Morgan fingerprint density at radius 3 is 2.18 bits per heavy atom. The van der Waals surface area contributed by atoms with Crippen molar-refractivity contribution in [3.05, 3.63) is 151 Å². The van der Waals surface area contributed by atoms with Crippen molar-refractivity contribution in [2.45, 2.75) is 26.1 Å². The van der Waals surface area contributed by atoms with Gasteiger partial charge < -0.3 is 19.3 Å². The molecule has 0 atom stereocenters. The molecule has 0 aliphatic carbocycles. The second-order valence-electron chi connectivity index (χ2n) is 13.8. The standard InChI is InChI=1S/C42H38N5Si.Pt/c1-44(2)33-21-22-43-42(28-33)47-38-16-10-9-15-36(38)37-20-19-30(26-41(37)47)23-31-24-34(27-35(25-31)48(3,4)5)46-29-45(32-13-7-6-8-14-32)39-17-11-12-18-40(39)46;/h6-22,25,27-29H,23H2,1-5H3;/q-3;. The van der Waals surface area contributed by atoms with Crippen LogP contribution < -0.4 is 19.9 Å². The fraction of sp³-hybridized carbons (Fsp3) is 0.143. The minimum Gasteiger partial charge on any atom is -0.493 e. The fourth-order valence-corrected chi connectivity index (χ4v) is 7.83. The summed E-state index contributed by atoms with van der Waals surface area (Å²) in [5.41, 5.74) is 10.1. The monoisotopic (exact) mass is 835 g/mol. The number of aromatic nitrogens is 2. The minimum absolute atomic E-state index is 0. The van der Waals surface area contributed by atoms with Crippen LogP contribution in [0.25, 0.3) is 27.6 Å². The average molecular weight is 836 g/mol. The Morgan fingerprint density at radius 2 is 1.43 bits per heavy atom. The van der Waals surface area contributed by atoms with Gasteiger partial charge in [0.2, 0.25) is 0 Å². The summed E-state index contributed by atoms with van der Waals surface area (Å²) in [6.45, 7) is 9.45. The van der Waals surface area contributed by atoms with Gasteiger partial charge in [0.1, 0.15) is 5.82 Å². The maximum Gasteiger partial charge on any atom is 0.137 e. The average Bonchev–Trinajstić information content (AvgIpc) is 3.64. The van der Waals surface area contributed by atoms with Crippen molar-refractivity contribution in [3.8, 4) is 5.82 Å². The van der Waals surface area contributed by atoms with Crippen LogP contribution in [0, 0.1) is 18.8 Å². The molecule has 7 heteroatoms. The van der Waals surface area contributed by atoms with E-state index in [1.165, 1.54) is 21.5 Å². The van der Waals surface area contributed by atoms with Crippen molar-refractivity contribution in [2.75, 3.05) is 28.8 Å². The molecule has 5 nitrogen and oxygen atoms in total. The summed E-state index contributed by atoms with van der Waals surface area (Å²) in [7, 11) is 2.45. The molecule has 0 unspecified atom stereocenters. The van der Waals surface area contributed by atoms with Crippen LogP contribution in [0.1, 0.15) is 11.1 Å². The molecule has 0 spiro atoms. The third-order valence-electron chi connectivity index (χ3n) is 9.20. The predicted molar refractivity (Wildman–Crippen MR) is 204 cm³/mol. The first-order valence-corrected chi connectivity index (χ1v) is 20.0. The first-order chi connectivity index (χ1) is 23.2. The molecule has 248 valence electrons. The van der Waals surface area contributed by atoms with E-state index in [0.29, 0.717) is 0 Å². The molecule has 1 aliphatic rings. The molecule has 0 saturated carbocycles. The fourth-order valence-electron chi connectivity index (χ4n) is 6.66. The number of fused-ring (bicyclic) bond motifs is 4. The van der Waals surface area contributed by atoms with Gasteiger partial charge in [0.15, 0.2) is 0 Å². The first-order valence-electron chi connectivity index (χ1n) is 16.5. The van der Waals surface area contributed by atoms with Crippen LogP contribution in [0.2, 0.25) is 19.6 Å². The van der Waals surface area contributed by atoms with Crippen molar-refractivity contribution in [1.29, 1.82) is 0 Å². The number of pyridine rings is 1. The summed E-state index contributed by atoms with van der Waals surface area (Å²) >= 11 is 0. The number of hydrogen-bond donors (Lipinski definition) is 0. The van der Waals surface area contributed by atoms with E-state index in [0.717, 1.165) is 57.3 Å². The number of nitrogens with zero attached hydrogens (tertiary/aromatic N) is 5. The van der Waals surface area contributed by atoms with Crippen molar-refractivity contribution in [3.63, 3.8) is 0 Å². The van der Waals surface area contributed by atoms with Gasteiger partial charge in [0.05, 0.1) is 8.07 Å². The van der Waals surface area contributed by atoms with Gasteiger partial charge in [-0.25, -0.2) is 4.98 Å². The third-order valence-corrected chi connectivity index (χ3v) is 11.2. The van der Waals surface area contributed by atoms with E-state index >= 15 is 0 Å². The summed E-state index contributed by atoms with van der Waals surface area (Å²) in [5.74, 6) is 0.890. The normalized spacial score (nSPS) is 12.8. The van der Waals surface area contributed by atoms with Gasteiger partial charge in [-0.3, -0.25) is 0 Å². The zero-order chi connectivity index (χ0) is 33.0. The largest absolute Gasteiger partial charge is 0.493 e. The summed E-state index contributed by atoms with van der Waals surface area (Å²) in [5, 5.41) is 3.79. The molecule has 0 radical (unpaired) electrons. The molecule has 3 heterocycles. The van der Waals surface area contributed by atoms with E-state index in [9.17, 15) is 0 Å². The molecule has 0 N–H and O–H groups in total. The number of para-hydroxylation sites is 4. The van der Waals surface area contributed by atoms with Crippen molar-refractivity contribution in [1.82, 2.24) is 9.55 Å². The second-order valence-corrected chi connectivity index (χ2v) is 18.8. The van der Waals surface area contributed by atoms with Crippen LogP contribution in [0.4, 0.5) is 28.4 Å². The van der Waals surface area contributed by atoms with Gasteiger partial charge in [-0.15, -0.1) is 17.7 Å². The number of benzene rings is 5. The second kappa shape index (κ2) is 13.0. The summed E-state index contributed by atoms with van der Waals surface area (Å²) in [6, 6.07) is 48.8. The van der Waals surface area contributed by atoms with E-state index in [1.54, 1.807) is 0 Å². The van der Waals surface area contributed by atoms with Crippen LogP contribution >= 0.6 is 0 Å².